The Bertz CT molecular complexity index is 760. The van der Waals surface area contributed by atoms with Gasteiger partial charge < -0.3 is 0 Å². The van der Waals surface area contributed by atoms with Crippen LogP contribution in [0, 0.1) is 0 Å². The Kier molecular flexibility index (Phi) is 4.34. The predicted octanol–water partition coefficient (Wildman–Crippen LogP) is 5.54. The van der Waals surface area contributed by atoms with Crippen molar-refractivity contribution in [3.05, 3.63) is 78.0 Å². The summed E-state index contributed by atoms with van der Waals surface area (Å²) in [6.45, 7) is 4.39. The summed E-state index contributed by atoms with van der Waals surface area (Å²) in [6.07, 6.45) is 4.13. The molecule has 1 heterocycles. The van der Waals surface area contributed by atoms with Gasteiger partial charge in [0.05, 0.1) is 5.69 Å². The summed E-state index contributed by atoms with van der Waals surface area (Å²) in [5, 5.41) is 0. The lowest BCUT2D eigenvalue weighted by molar-refractivity contribution is 1.01. The van der Waals surface area contributed by atoms with Crippen LogP contribution in [0.3, 0.4) is 0 Å². The standard InChI is InChI=1S/C21H21N/c1-3-16-14-21(22-15-17(16)4-2)20-12-8-11-19(13-20)18-9-6-5-7-10-18/h5-15H,3-4H2,1-2H3. The fourth-order valence-corrected chi connectivity index (χ4v) is 2.82. The van der Waals surface area contributed by atoms with E-state index in [9.17, 15) is 0 Å². The Morgan fingerprint density at radius 1 is 0.682 bits per heavy atom. The van der Waals surface area contributed by atoms with Crippen molar-refractivity contribution in [2.24, 2.45) is 0 Å². The zero-order chi connectivity index (χ0) is 15.4. The third-order valence-electron chi connectivity index (χ3n) is 4.11. The van der Waals surface area contributed by atoms with E-state index in [0.29, 0.717) is 0 Å². The number of aryl methyl sites for hydroxylation is 2. The lowest BCUT2D eigenvalue weighted by Gasteiger charge is -2.09. The zero-order valence-electron chi connectivity index (χ0n) is 13.2. The summed E-state index contributed by atoms with van der Waals surface area (Å²) < 4.78 is 0. The van der Waals surface area contributed by atoms with E-state index in [1.165, 1.54) is 27.8 Å². The molecule has 22 heavy (non-hydrogen) atoms. The molecule has 3 rings (SSSR count). The van der Waals surface area contributed by atoms with Gasteiger partial charge in [-0.05, 0) is 47.2 Å². The summed E-state index contributed by atoms with van der Waals surface area (Å²) in [7, 11) is 0. The highest BCUT2D eigenvalue weighted by Crippen LogP contribution is 2.26. The topological polar surface area (TPSA) is 12.9 Å². The molecule has 3 aromatic rings. The first-order valence-electron chi connectivity index (χ1n) is 7.95. The number of pyridine rings is 1. The van der Waals surface area contributed by atoms with Gasteiger partial charge in [-0.1, -0.05) is 62.4 Å². The molecule has 0 aliphatic rings. The minimum Gasteiger partial charge on any atom is -0.256 e. The summed E-state index contributed by atoms with van der Waals surface area (Å²) in [6, 6.07) is 21.3. The molecule has 0 amide bonds. The minimum atomic E-state index is 1.04. The van der Waals surface area contributed by atoms with Crippen LogP contribution < -0.4 is 0 Å². The molecular weight excluding hydrogens is 266 g/mol. The predicted molar refractivity (Wildman–Crippen MR) is 93.9 cm³/mol. The second-order valence-electron chi connectivity index (χ2n) is 5.49. The van der Waals surface area contributed by atoms with E-state index >= 15 is 0 Å². The molecule has 1 nitrogen and oxygen atoms in total. The maximum Gasteiger partial charge on any atom is 0.0705 e. The number of rotatable bonds is 4. The zero-order valence-corrected chi connectivity index (χ0v) is 13.2. The molecular formula is C21H21N. The van der Waals surface area contributed by atoms with Crippen LogP contribution in [0.1, 0.15) is 25.0 Å². The molecule has 1 aromatic heterocycles. The molecule has 0 saturated carbocycles. The monoisotopic (exact) mass is 287 g/mol. The Hall–Kier alpha value is -2.41. The van der Waals surface area contributed by atoms with Crippen molar-refractivity contribution < 1.29 is 0 Å². The van der Waals surface area contributed by atoms with E-state index in [2.05, 4.69) is 73.4 Å². The normalized spacial score (nSPS) is 10.6. The number of hydrogen-bond acceptors (Lipinski definition) is 1. The Labute approximate surface area is 132 Å². The fourth-order valence-electron chi connectivity index (χ4n) is 2.82. The largest absolute Gasteiger partial charge is 0.256 e. The van der Waals surface area contributed by atoms with Crippen molar-refractivity contribution >= 4 is 0 Å². The van der Waals surface area contributed by atoms with Gasteiger partial charge in [-0.25, -0.2) is 0 Å². The number of aromatic nitrogens is 1. The molecule has 0 saturated heterocycles. The average Bonchev–Trinajstić information content (AvgIpc) is 2.62. The van der Waals surface area contributed by atoms with Crippen molar-refractivity contribution in [1.29, 1.82) is 0 Å². The van der Waals surface area contributed by atoms with Gasteiger partial charge in [-0.15, -0.1) is 0 Å². The fraction of sp³-hybridized carbons (Fsp3) is 0.190. The summed E-state index contributed by atoms with van der Waals surface area (Å²) >= 11 is 0. The van der Waals surface area contributed by atoms with Crippen LogP contribution in [0.15, 0.2) is 66.9 Å². The van der Waals surface area contributed by atoms with Gasteiger partial charge >= 0.3 is 0 Å². The second kappa shape index (κ2) is 6.57. The maximum atomic E-state index is 4.66. The molecule has 0 unspecified atom stereocenters. The average molecular weight is 287 g/mol. The first-order valence-corrected chi connectivity index (χ1v) is 7.95. The van der Waals surface area contributed by atoms with E-state index < -0.39 is 0 Å². The number of hydrogen-bond donors (Lipinski definition) is 0. The van der Waals surface area contributed by atoms with Gasteiger partial charge in [-0.2, -0.15) is 0 Å². The Balaban J connectivity index is 2.02. The third-order valence-corrected chi connectivity index (χ3v) is 4.11. The van der Waals surface area contributed by atoms with Crippen LogP contribution in [-0.4, -0.2) is 4.98 Å². The quantitative estimate of drug-likeness (QED) is 0.614. The highest BCUT2D eigenvalue weighted by atomic mass is 14.7. The lowest BCUT2D eigenvalue weighted by Crippen LogP contribution is -1.95. The Morgan fingerprint density at radius 3 is 2.09 bits per heavy atom. The first-order chi connectivity index (χ1) is 10.8. The molecule has 0 radical (unpaired) electrons. The summed E-state index contributed by atoms with van der Waals surface area (Å²) in [5.41, 5.74) is 7.47. The second-order valence-corrected chi connectivity index (χ2v) is 5.49. The van der Waals surface area contributed by atoms with Crippen molar-refractivity contribution in [2.75, 3.05) is 0 Å². The van der Waals surface area contributed by atoms with Crippen molar-refractivity contribution in [2.45, 2.75) is 26.7 Å². The van der Waals surface area contributed by atoms with E-state index in [1.807, 2.05) is 12.3 Å². The van der Waals surface area contributed by atoms with E-state index in [0.717, 1.165) is 18.5 Å². The maximum absolute atomic E-state index is 4.66. The highest BCUT2D eigenvalue weighted by Gasteiger charge is 2.06. The van der Waals surface area contributed by atoms with E-state index in [1.54, 1.807) is 0 Å². The molecule has 0 atom stereocenters. The Morgan fingerprint density at radius 2 is 1.36 bits per heavy atom. The van der Waals surface area contributed by atoms with Crippen LogP contribution in [0.2, 0.25) is 0 Å². The van der Waals surface area contributed by atoms with E-state index in [4.69, 9.17) is 0 Å². The molecule has 0 aliphatic heterocycles. The van der Waals surface area contributed by atoms with Crippen LogP contribution in [-0.2, 0) is 12.8 Å². The smallest absolute Gasteiger partial charge is 0.0705 e. The van der Waals surface area contributed by atoms with Gasteiger partial charge in [0.25, 0.3) is 0 Å². The van der Waals surface area contributed by atoms with Crippen LogP contribution in [0.5, 0.6) is 0 Å². The van der Waals surface area contributed by atoms with Gasteiger partial charge in [0.1, 0.15) is 0 Å². The molecule has 2 aromatic carbocycles. The first kappa shape index (κ1) is 14.5. The molecule has 0 aliphatic carbocycles. The van der Waals surface area contributed by atoms with Gasteiger partial charge in [0, 0.05) is 11.8 Å². The van der Waals surface area contributed by atoms with Gasteiger partial charge in [0.15, 0.2) is 0 Å². The molecule has 0 fully saturated rings. The van der Waals surface area contributed by atoms with Gasteiger partial charge in [-0.3, -0.25) is 4.98 Å². The summed E-state index contributed by atoms with van der Waals surface area (Å²) in [5.74, 6) is 0. The van der Waals surface area contributed by atoms with Crippen molar-refractivity contribution in [3.8, 4) is 22.4 Å². The lowest BCUT2D eigenvalue weighted by atomic mass is 9.99. The number of benzene rings is 2. The van der Waals surface area contributed by atoms with Crippen molar-refractivity contribution in [3.63, 3.8) is 0 Å². The van der Waals surface area contributed by atoms with Crippen molar-refractivity contribution in [1.82, 2.24) is 4.98 Å². The van der Waals surface area contributed by atoms with Crippen LogP contribution >= 0.6 is 0 Å². The van der Waals surface area contributed by atoms with Crippen LogP contribution in [0.4, 0.5) is 0 Å². The molecule has 1 heteroatoms. The minimum absolute atomic E-state index is 1.04. The molecule has 0 spiro atoms. The third kappa shape index (κ3) is 2.94. The molecule has 0 bridgehead atoms. The highest BCUT2D eigenvalue weighted by molar-refractivity contribution is 5.71. The molecule has 0 N–H and O–H groups in total. The summed E-state index contributed by atoms with van der Waals surface area (Å²) in [4.78, 5) is 4.66. The van der Waals surface area contributed by atoms with Gasteiger partial charge in [0.2, 0.25) is 0 Å². The molecule has 110 valence electrons. The SMILES string of the molecule is CCc1cnc(-c2cccc(-c3ccccc3)c2)cc1CC. The van der Waals surface area contributed by atoms with Crippen LogP contribution in [0.25, 0.3) is 22.4 Å². The number of nitrogens with zero attached hydrogens (tertiary/aromatic N) is 1. The van der Waals surface area contributed by atoms with E-state index in [-0.39, 0.29) is 0 Å².